The van der Waals surface area contributed by atoms with Gasteiger partial charge in [0, 0.05) is 24.9 Å². The van der Waals surface area contributed by atoms with E-state index in [0.717, 1.165) is 35.1 Å². The molecule has 7 nitrogen and oxygen atoms in total. The van der Waals surface area contributed by atoms with Crippen LogP contribution in [0.2, 0.25) is 0 Å². The molecule has 4 rings (SSSR count). The summed E-state index contributed by atoms with van der Waals surface area (Å²) in [5, 5.41) is 12.4. The molecule has 180 valence electrons. The molecule has 2 aliphatic rings. The van der Waals surface area contributed by atoms with Gasteiger partial charge in [-0.05, 0) is 61.8 Å². The van der Waals surface area contributed by atoms with Crippen LogP contribution in [-0.4, -0.2) is 52.7 Å². The van der Waals surface area contributed by atoms with Crippen molar-refractivity contribution in [3.63, 3.8) is 0 Å². The van der Waals surface area contributed by atoms with Crippen LogP contribution in [0.25, 0.3) is 11.1 Å². The first-order valence-electron chi connectivity index (χ1n) is 11.9. The van der Waals surface area contributed by atoms with Crippen molar-refractivity contribution in [3.8, 4) is 11.1 Å². The van der Waals surface area contributed by atoms with Crippen LogP contribution in [0, 0.1) is 5.92 Å². The maximum absolute atomic E-state index is 13.0. The third-order valence-electron chi connectivity index (χ3n) is 7.05. The number of carboxylic acids is 1. The van der Waals surface area contributed by atoms with Crippen LogP contribution in [-0.2, 0) is 14.3 Å². The lowest BCUT2D eigenvalue weighted by Crippen LogP contribution is -2.54. The van der Waals surface area contributed by atoms with Gasteiger partial charge in [-0.3, -0.25) is 4.79 Å². The molecule has 34 heavy (non-hydrogen) atoms. The van der Waals surface area contributed by atoms with E-state index in [-0.39, 0.29) is 43.4 Å². The Morgan fingerprint density at radius 3 is 2.12 bits per heavy atom. The van der Waals surface area contributed by atoms with Gasteiger partial charge in [0.15, 0.2) is 0 Å². The van der Waals surface area contributed by atoms with Crippen molar-refractivity contribution < 1.29 is 24.2 Å². The minimum atomic E-state index is -1.32. The maximum Gasteiger partial charge on any atom is 0.407 e. The first-order chi connectivity index (χ1) is 16.2. The summed E-state index contributed by atoms with van der Waals surface area (Å²) in [6.07, 6.45) is 1.36. The first-order valence-corrected chi connectivity index (χ1v) is 11.9. The van der Waals surface area contributed by atoms with E-state index < -0.39 is 17.6 Å². The zero-order valence-electron chi connectivity index (χ0n) is 19.9. The molecule has 0 bridgehead atoms. The minimum absolute atomic E-state index is 0.0360. The van der Waals surface area contributed by atoms with Crippen molar-refractivity contribution in [1.29, 1.82) is 0 Å². The van der Waals surface area contributed by atoms with Crippen molar-refractivity contribution >= 4 is 18.0 Å². The summed E-state index contributed by atoms with van der Waals surface area (Å²) in [6.45, 7) is 5.27. The van der Waals surface area contributed by atoms with E-state index in [0.29, 0.717) is 0 Å². The van der Waals surface area contributed by atoms with Crippen LogP contribution in [0.4, 0.5) is 4.79 Å². The van der Waals surface area contributed by atoms with Gasteiger partial charge in [-0.15, -0.1) is 0 Å². The molecule has 1 atom stereocenters. The largest absolute Gasteiger partial charge is 0.480 e. The van der Waals surface area contributed by atoms with Gasteiger partial charge in [0.2, 0.25) is 5.91 Å². The molecule has 0 heterocycles. The second kappa shape index (κ2) is 9.49. The number of fused-ring (bicyclic) bond motifs is 3. The van der Waals surface area contributed by atoms with Crippen LogP contribution in [0.3, 0.4) is 0 Å². The predicted octanol–water partition coefficient (Wildman–Crippen LogP) is 4.41. The highest BCUT2D eigenvalue weighted by Crippen LogP contribution is 2.44. The van der Waals surface area contributed by atoms with Crippen molar-refractivity contribution in [1.82, 2.24) is 10.2 Å². The molecule has 2 aliphatic carbocycles. The Labute approximate surface area is 200 Å². The van der Waals surface area contributed by atoms with Crippen molar-refractivity contribution in [2.24, 2.45) is 5.92 Å². The summed E-state index contributed by atoms with van der Waals surface area (Å²) >= 11 is 0. The number of carboxylic acid groups (broad SMARTS) is 1. The number of nitrogens with one attached hydrogen (secondary N) is 1. The highest BCUT2D eigenvalue weighted by atomic mass is 16.5. The average molecular weight is 465 g/mol. The summed E-state index contributed by atoms with van der Waals surface area (Å²) in [5.41, 5.74) is 3.28. The van der Waals surface area contributed by atoms with Crippen LogP contribution < -0.4 is 5.32 Å². The first kappa shape index (κ1) is 23.8. The zero-order valence-corrected chi connectivity index (χ0v) is 19.9. The molecule has 0 aromatic heterocycles. The summed E-state index contributed by atoms with van der Waals surface area (Å²) < 4.78 is 5.65. The SMILES string of the molecule is CCN(C(=O)CC(NC(=O)OCC1c2ccccc2-c2ccccc21)C1CC1)C(C)(C)C(=O)O. The van der Waals surface area contributed by atoms with Crippen LogP contribution in [0.1, 0.15) is 57.1 Å². The molecule has 1 unspecified atom stereocenters. The third kappa shape index (κ3) is 4.65. The van der Waals surface area contributed by atoms with E-state index in [1.54, 1.807) is 6.92 Å². The lowest BCUT2D eigenvalue weighted by atomic mass is 9.98. The van der Waals surface area contributed by atoms with Gasteiger partial charge in [0.1, 0.15) is 12.1 Å². The summed E-state index contributed by atoms with van der Waals surface area (Å²) in [5.74, 6) is -1.18. The highest BCUT2D eigenvalue weighted by molar-refractivity contribution is 5.87. The average Bonchev–Trinajstić information content (AvgIpc) is 3.60. The smallest absolute Gasteiger partial charge is 0.407 e. The number of aliphatic carboxylic acids is 1. The molecule has 7 heteroatoms. The molecule has 2 aromatic rings. The normalized spacial score (nSPS) is 15.7. The zero-order chi connectivity index (χ0) is 24.5. The third-order valence-corrected chi connectivity index (χ3v) is 7.05. The summed E-state index contributed by atoms with van der Waals surface area (Å²) in [6, 6.07) is 15.9. The van der Waals surface area contributed by atoms with E-state index in [4.69, 9.17) is 4.74 Å². The van der Waals surface area contributed by atoms with E-state index in [9.17, 15) is 19.5 Å². The quantitative estimate of drug-likeness (QED) is 0.573. The highest BCUT2D eigenvalue weighted by Gasteiger charge is 2.40. The number of alkyl carbamates (subject to hydrolysis) is 1. The second-order valence-electron chi connectivity index (χ2n) is 9.62. The molecular weight excluding hydrogens is 432 g/mol. The molecule has 0 aliphatic heterocycles. The predicted molar refractivity (Wildman–Crippen MR) is 128 cm³/mol. The molecule has 1 fully saturated rings. The van der Waals surface area contributed by atoms with Gasteiger partial charge < -0.3 is 20.1 Å². The molecule has 0 saturated heterocycles. The topological polar surface area (TPSA) is 95.9 Å². The van der Waals surface area contributed by atoms with Crippen LogP contribution >= 0.6 is 0 Å². The van der Waals surface area contributed by atoms with Crippen molar-refractivity contribution in [2.75, 3.05) is 13.2 Å². The Morgan fingerprint density at radius 2 is 1.62 bits per heavy atom. The Balaban J connectivity index is 1.40. The fourth-order valence-corrected chi connectivity index (χ4v) is 4.92. The molecular formula is C27H32N2O5. The number of hydrogen-bond acceptors (Lipinski definition) is 4. The molecule has 0 spiro atoms. The van der Waals surface area contributed by atoms with E-state index in [2.05, 4.69) is 29.6 Å². The summed E-state index contributed by atoms with van der Waals surface area (Å²) in [7, 11) is 0. The number of amides is 2. The minimum Gasteiger partial charge on any atom is -0.480 e. The number of likely N-dealkylation sites (N-methyl/N-ethyl adjacent to an activating group) is 1. The van der Waals surface area contributed by atoms with Crippen LogP contribution in [0.15, 0.2) is 48.5 Å². The maximum atomic E-state index is 13.0. The molecule has 0 radical (unpaired) electrons. The summed E-state index contributed by atoms with van der Waals surface area (Å²) in [4.78, 5) is 38.7. The number of nitrogens with zero attached hydrogens (tertiary/aromatic N) is 1. The Morgan fingerprint density at radius 1 is 1.06 bits per heavy atom. The van der Waals surface area contributed by atoms with Crippen molar-refractivity contribution in [2.45, 2.75) is 57.5 Å². The van der Waals surface area contributed by atoms with E-state index >= 15 is 0 Å². The Kier molecular flexibility index (Phi) is 6.64. The van der Waals surface area contributed by atoms with Crippen molar-refractivity contribution in [3.05, 3.63) is 59.7 Å². The number of carbonyl (C=O) groups is 3. The molecule has 1 saturated carbocycles. The number of ether oxygens (including phenoxy) is 1. The van der Waals surface area contributed by atoms with Gasteiger partial charge in [0.05, 0.1) is 0 Å². The fourth-order valence-electron chi connectivity index (χ4n) is 4.92. The Bertz CT molecular complexity index is 1050. The molecule has 2 N–H and O–H groups in total. The van der Waals surface area contributed by atoms with Gasteiger partial charge in [0.25, 0.3) is 0 Å². The number of carbonyl (C=O) groups excluding carboxylic acids is 2. The van der Waals surface area contributed by atoms with Gasteiger partial charge >= 0.3 is 12.1 Å². The second-order valence-corrected chi connectivity index (χ2v) is 9.62. The molecule has 2 aromatic carbocycles. The number of hydrogen-bond donors (Lipinski definition) is 2. The molecule has 2 amide bonds. The lowest BCUT2D eigenvalue weighted by molar-refractivity contribution is -0.157. The number of benzene rings is 2. The van der Waals surface area contributed by atoms with Gasteiger partial charge in [-0.1, -0.05) is 48.5 Å². The standard InChI is InChI=1S/C27H32N2O5/c1-4-29(27(2,3)25(31)32)24(30)15-23(17-13-14-17)28-26(33)34-16-22-20-11-7-5-9-18(20)19-10-6-8-12-21(19)22/h5-12,17,22-23H,4,13-16H2,1-3H3,(H,28,33)(H,31,32). The fraction of sp³-hybridized carbons (Fsp3) is 0.444. The van der Waals surface area contributed by atoms with Gasteiger partial charge in [-0.2, -0.15) is 0 Å². The van der Waals surface area contributed by atoms with Crippen LogP contribution in [0.5, 0.6) is 0 Å². The Hall–Kier alpha value is -3.35. The lowest BCUT2D eigenvalue weighted by Gasteiger charge is -2.35. The van der Waals surface area contributed by atoms with Gasteiger partial charge in [-0.25, -0.2) is 9.59 Å². The monoisotopic (exact) mass is 464 g/mol. The van der Waals surface area contributed by atoms with E-state index in [1.807, 2.05) is 24.3 Å². The number of rotatable bonds is 9. The van der Waals surface area contributed by atoms with E-state index in [1.165, 1.54) is 18.7 Å².